The molecule has 1 aromatic carbocycles. The third-order valence-electron chi connectivity index (χ3n) is 2.31. The zero-order valence-electron chi connectivity index (χ0n) is 10.1. The van der Waals surface area contributed by atoms with Crippen LogP contribution < -0.4 is 4.74 Å². The van der Waals surface area contributed by atoms with E-state index in [9.17, 15) is 9.18 Å². The van der Waals surface area contributed by atoms with E-state index in [0.29, 0.717) is 10.0 Å². The molecular formula is C14H9BrFNO3. The Kier molecular flexibility index (Phi) is 4.47. The lowest BCUT2D eigenvalue weighted by atomic mass is 10.2. The fraction of sp³-hybridized carbons (Fsp3) is 0. The van der Waals surface area contributed by atoms with Gasteiger partial charge < -0.3 is 9.84 Å². The van der Waals surface area contributed by atoms with Crippen molar-refractivity contribution in [3.63, 3.8) is 0 Å². The van der Waals surface area contributed by atoms with E-state index in [2.05, 4.69) is 20.9 Å². The van der Waals surface area contributed by atoms with E-state index in [0.717, 1.165) is 6.08 Å². The van der Waals surface area contributed by atoms with Crippen LogP contribution in [-0.4, -0.2) is 16.1 Å². The molecule has 0 aliphatic carbocycles. The Morgan fingerprint density at radius 1 is 1.40 bits per heavy atom. The Labute approximate surface area is 122 Å². The van der Waals surface area contributed by atoms with Crippen molar-refractivity contribution in [1.29, 1.82) is 0 Å². The first-order chi connectivity index (χ1) is 9.56. The molecule has 2 rings (SSSR count). The van der Waals surface area contributed by atoms with Crippen molar-refractivity contribution >= 4 is 28.0 Å². The first-order valence-corrected chi connectivity index (χ1v) is 6.34. The van der Waals surface area contributed by atoms with Crippen LogP contribution in [0.5, 0.6) is 11.6 Å². The Morgan fingerprint density at radius 2 is 2.20 bits per heavy atom. The van der Waals surface area contributed by atoms with Gasteiger partial charge in [-0.3, -0.25) is 0 Å². The maximum atomic E-state index is 13.2. The third kappa shape index (κ3) is 3.64. The van der Waals surface area contributed by atoms with Crippen LogP contribution >= 0.6 is 15.9 Å². The first kappa shape index (κ1) is 14.2. The van der Waals surface area contributed by atoms with Crippen molar-refractivity contribution in [3.05, 3.63) is 58.5 Å². The van der Waals surface area contributed by atoms with Crippen LogP contribution in [0.25, 0.3) is 6.08 Å². The summed E-state index contributed by atoms with van der Waals surface area (Å²) >= 11 is 3.24. The number of ether oxygens (including phenoxy) is 1. The first-order valence-electron chi connectivity index (χ1n) is 5.55. The number of hydrogen-bond acceptors (Lipinski definition) is 3. The molecule has 2 aromatic rings. The summed E-state index contributed by atoms with van der Waals surface area (Å²) in [4.78, 5) is 14.5. The van der Waals surface area contributed by atoms with Crippen LogP contribution in [0, 0.1) is 5.82 Å². The van der Waals surface area contributed by atoms with Crippen LogP contribution in [0.3, 0.4) is 0 Å². The number of halogens is 2. The smallest absolute Gasteiger partial charge is 0.328 e. The molecule has 0 spiro atoms. The second-order valence-electron chi connectivity index (χ2n) is 3.75. The number of hydrogen-bond donors (Lipinski definition) is 1. The number of carboxylic acids is 1. The van der Waals surface area contributed by atoms with Gasteiger partial charge in [-0.15, -0.1) is 0 Å². The third-order valence-corrected chi connectivity index (χ3v) is 2.96. The highest BCUT2D eigenvalue weighted by atomic mass is 79.9. The molecule has 1 heterocycles. The summed E-state index contributed by atoms with van der Waals surface area (Å²) in [7, 11) is 0. The number of pyridine rings is 1. The number of aliphatic carboxylic acids is 1. The van der Waals surface area contributed by atoms with Gasteiger partial charge in [-0.05, 0) is 46.3 Å². The van der Waals surface area contributed by atoms with Gasteiger partial charge in [0.15, 0.2) is 0 Å². The van der Waals surface area contributed by atoms with E-state index in [1.807, 2.05) is 0 Å². The Balaban J connectivity index is 2.34. The minimum absolute atomic E-state index is 0.191. The van der Waals surface area contributed by atoms with Crippen molar-refractivity contribution in [1.82, 2.24) is 4.98 Å². The van der Waals surface area contributed by atoms with E-state index < -0.39 is 11.8 Å². The number of rotatable bonds is 4. The molecule has 0 amide bonds. The van der Waals surface area contributed by atoms with E-state index in [1.54, 1.807) is 12.1 Å². The fourth-order valence-corrected chi connectivity index (χ4v) is 1.76. The lowest BCUT2D eigenvalue weighted by Crippen LogP contribution is -1.93. The maximum Gasteiger partial charge on any atom is 0.328 e. The number of nitrogens with zero attached hydrogens (tertiary/aromatic N) is 1. The fourth-order valence-electron chi connectivity index (χ4n) is 1.44. The molecule has 4 nitrogen and oxygen atoms in total. The van der Waals surface area contributed by atoms with Crippen molar-refractivity contribution in [2.24, 2.45) is 0 Å². The summed E-state index contributed by atoms with van der Waals surface area (Å²) in [5, 5.41) is 8.63. The monoisotopic (exact) mass is 337 g/mol. The van der Waals surface area contributed by atoms with E-state index in [1.165, 1.54) is 30.5 Å². The van der Waals surface area contributed by atoms with Crippen LogP contribution in [0.2, 0.25) is 0 Å². The van der Waals surface area contributed by atoms with Gasteiger partial charge in [-0.25, -0.2) is 14.2 Å². The lowest BCUT2D eigenvalue weighted by molar-refractivity contribution is -0.131. The molecule has 6 heteroatoms. The van der Waals surface area contributed by atoms with Gasteiger partial charge in [0.05, 0.1) is 4.47 Å². The van der Waals surface area contributed by atoms with Crippen LogP contribution in [0.1, 0.15) is 5.56 Å². The quantitative estimate of drug-likeness (QED) is 0.860. The highest BCUT2D eigenvalue weighted by Gasteiger charge is 2.08. The van der Waals surface area contributed by atoms with E-state index >= 15 is 0 Å². The van der Waals surface area contributed by atoms with Crippen LogP contribution in [-0.2, 0) is 4.79 Å². The number of benzene rings is 1. The highest BCUT2D eigenvalue weighted by Crippen LogP contribution is 2.31. The Bertz CT molecular complexity index is 673. The predicted octanol–water partition coefficient (Wildman–Crippen LogP) is 3.87. The van der Waals surface area contributed by atoms with E-state index in [4.69, 9.17) is 9.84 Å². The summed E-state index contributed by atoms with van der Waals surface area (Å²) < 4.78 is 19.3. The zero-order chi connectivity index (χ0) is 14.5. The maximum absolute atomic E-state index is 13.2. The average Bonchev–Trinajstić information content (AvgIpc) is 2.42. The predicted molar refractivity (Wildman–Crippen MR) is 75.1 cm³/mol. The summed E-state index contributed by atoms with van der Waals surface area (Å²) in [5.74, 6) is -1.07. The van der Waals surface area contributed by atoms with Gasteiger partial charge in [0.25, 0.3) is 0 Å². The molecular weight excluding hydrogens is 329 g/mol. The van der Waals surface area contributed by atoms with Gasteiger partial charge >= 0.3 is 5.97 Å². The van der Waals surface area contributed by atoms with Gasteiger partial charge in [0.2, 0.25) is 5.88 Å². The summed E-state index contributed by atoms with van der Waals surface area (Å²) in [6, 6.07) is 7.31. The summed E-state index contributed by atoms with van der Waals surface area (Å²) in [6.45, 7) is 0. The summed E-state index contributed by atoms with van der Waals surface area (Å²) in [5.41, 5.74) is 0.478. The molecule has 0 atom stereocenters. The van der Waals surface area contributed by atoms with Crippen LogP contribution in [0.15, 0.2) is 47.1 Å². The second kappa shape index (κ2) is 6.29. The van der Waals surface area contributed by atoms with Gasteiger partial charge in [-0.1, -0.05) is 0 Å². The van der Waals surface area contributed by atoms with Gasteiger partial charge in [-0.2, -0.15) is 0 Å². The number of carboxylic acid groups (broad SMARTS) is 1. The molecule has 0 radical (unpaired) electrons. The van der Waals surface area contributed by atoms with E-state index in [-0.39, 0.29) is 11.6 Å². The average molecular weight is 338 g/mol. The molecule has 0 fully saturated rings. The molecule has 0 unspecified atom stereocenters. The molecule has 102 valence electrons. The molecule has 0 saturated heterocycles. The Hall–Kier alpha value is -2.21. The minimum atomic E-state index is -1.08. The van der Waals surface area contributed by atoms with Crippen molar-refractivity contribution in [3.8, 4) is 11.6 Å². The molecule has 1 N–H and O–H groups in total. The molecule has 0 bridgehead atoms. The number of carbonyl (C=O) groups is 1. The molecule has 0 aliphatic heterocycles. The second-order valence-corrected chi connectivity index (χ2v) is 4.60. The summed E-state index contributed by atoms with van der Waals surface area (Å²) in [6.07, 6.45) is 3.84. The largest absolute Gasteiger partial charge is 0.478 e. The van der Waals surface area contributed by atoms with Crippen molar-refractivity contribution in [2.45, 2.75) is 0 Å². The zero-order valence-corrected chi connectivity index (χ0v) is 11.7. The number of aromatic nitrogens is 1. The lowest BCUT2D eigenvalue weighted by Gasteiger charge is -2.09. The SMILES string of the molecule is O=C(O)/C=C/c1cccnc1Oc1cc(F)ccc1Br. The normalized spacial score (nSPS) is 10.7. The topological polar surface area (TPSA) is 59.4 Å². The molecule has 0 saturated carbocycles. The van der Waals surface area contributed by atoms with Gasteiger partial charge in [0.1, 0.15) is 11.6 Å². The van der Waals surface area contributed by atoms with Gasteiger partial charge in [0, 0.05) is 23.9 Å². The van der Waals surface area contributed by atoms with Crippen molar-refractivity contribution in [2.75, 3.05) is 0 Å². The van der Waals surface area contributed by atoms with Crippen LogP contribution in [0.4, 0.5) is 4.39 Å². The molecule has 20 heavy (non-hydrogen) atoms. The van der Waals surface area contributed by atoms with Crippen molar-refractivity contribution < 1.29 is 19.0 Å². The highest BCUT2D eigenvalue weighted by molar-refractivity contribution is 9.10. The minimum Gasteiger partial charge on any atom is -0.478 e. The Morgan fingerprint density at radius 3 is 2.95 bits per heavy atom. The molecule has 0 aliphatic rings. The molecule has 1 aromatic heterocycles. The standard InChI is InChI=1S/C14H9BrFNO3/c15-11-5-4-10(16)8-12(11)20-14-9(2-1-7-17-14)3-6-13(18)19/h1-8H,(H,18,19)/b6-3+.